The maximum atomic E-state index is 13.4. The predicted octanol–water partition coefficient (Wildman–Crippen LogP) is 0.236. The van der Waals surface area contributed by atoms with Crippen LogP contribution >= 0.6 is 7.82 Å². The third-order valence-electron chi connectivity index (χ3n) is 2.11. The van der Waals surface area contributed by atoms with E-state index in [1.807, 2.05) is 0 Å². The molecule has 0 amide bonds. The summed E-state index contributed by atoms with van der Waals surface area (Å²) in [5.41, 5.74) is 0. The van der Waals surface area contributed by atoms with Crippen molar-refractivity contribution in [3.05, 3.63) is 0 Å². The van der Waals surface area contributed by atoms with E-state index >= 15 is 0 Å². The fraction of sp³-hybridized carbons (Fsp3) is 1.00. The lowest BCUT2D eigenvalue weighted by Crippen LogP contribution is -2.33. The topological polar surface area (TPSA) is 85.2 Å². The molecule has 2 N–H and O–H groups in total. The van der Waals surface area contributed by atoms with Crippen molar-refractivity contribution < 1.29 is 32.7 Å². The van der Waals surface area contributed by atoms with Crippen molar-refractivity contribution in [1.29, 1.82) is 0 Å². The van der Waals surface area contributed by atoms with E-state index in [4.69, 9.17) is 19.3 Å². The standard InChI is InChI=1S/C7H14FO6P/c1-4-6(8)7(14-15(9,10)11)5(13-4)3-12-2/h4-7H,3H2,1-2H3,(H2,9,10,11). The van der Waals surface area contributed by atoms with E-state index in [2.05, 4.69) is 4.52 Å². The molecule has 0 aromatic heterocycles. The molecule has 1 aliphatic rings. The van der Waals surface area contributed by atoms with Gasteiger partial charge < -0.3 is 19.3 Å². The zero-order chi connectivity index (χ0) is 11.6. The molecule has 0 aromatic rings. The van der Waals surface area contributed by atoms with Gasteiger partial charge in [-0.1, -0.05) is 0 Å². The highest BCUT2D eigenvalue weighted by atomic mass is 31.2. The minimum absolute atomic E-state index is 0.0232. The molecule has 1 heterocycles. The van der Waals surface area contributed by atoms with Crippen LogP contribution in [0.15, 0.2) is 0 Å². The summed E-state index contributed by atoms with van der Waals surface area (Å²) in [6.07, 6.45) is -4.42. The van der Waals surface area contributed by atoms with Crippen LogP contribution in [0.25, 0.3) is 0 Å². The normalized spacial score (nSPS) is 37.1. The van der Waals surface area contributed by atoms with Crippen LogP contribution in [0.2, 0.25) is 0 Å². The number of methoxy groups -OCH3 is 1. The number of phosphoric acid groups is 1. The monoisotopic (exact) mass is 244 g/mol. The van der Waals surface area contributed by atoms with Gasteiger partial charge in [0.05, 0.1) is 12.7 Å². The first-order valence-electron chi connectivity index (χ1n) is 4.37. The minimum Gasteiger partial charge on any atom is -0.382 e. The summed E-state index contributed by atoms with van der Waals surface area (Å²) in [4.78, 5) is 17.2. The molecule has 4 unspecified atom stereocenters. The van der Waals surface area contributed by atoms with Crippen molar-refractivity contribution in [2.75, 3.05) is 13.7 Å². The van der Waals surface area contributed by atoms with Gasteiger partial charge in [-0.2, -0.15) is 0 Å². The third kappa shape index (κ3) is 3.48. The van der Waals surface area contributed by atoms with E-state index in [0.717, 1.165) is 0 Å². The van der Waals surface area contributed by atoms with Gasteiger partial charge in [0.2, 0.25) is 0 Å². The van der Waals surface area contributed by atoms with E-state index < -0.39 is 32.3 Å². The van der Waals surface area contributed by atoms with Crippen molar-refractivity contribution in [2.24, 2.45) is 0 Å². The molecule has 0 radical (unpaired) electrons. The maximum Gasteiger partial charge on any atom is 0.470 e. The van der Waals surface area contributed by atoms with Gasteiger partial charge in [-0.25, -0.2) is 8.96 Å². The van der Waals surface area contributed by atoms with Gasteiger partial charge >= 0.3 is 7.82 Å². The average Bonchev–Trinajstić information content (AvgIpc) is 2.32. The Labute approximate surface area is 86.6 Å². The van der Waals surface area contributed by atoms with Crippen LogP contribution in [-0.4, -0.2) is 48.0 Å². The molecule has 15 heavy (non-hydrogen) atoms. The first-order valence-corrected chi connectivity index (χ1v) is 5.90. The Bertz CT molecular complexity index is 256. The number of rotatable bonds is 4. The average molecular weight is 244 g/mol. The van der Waals surface area contributed by atoms with Crippen molar-refractivity contribution in [3.63, 3.8) is 0 Å². The van der Waals surface area contributed by atoms with Gasteiger partial charge in [-0.05, 0) is 6.92 Å². The SMILES string of the molecule is COCC1OC(C)C(F)C1OP(=O)(O)O. The Morgan fingerprint density at radius 3 is 2.60 bits per heavy atom. The van der Waals surface area contributed by atoms with Crippen LogP contribution in [-0.2, 0) is 18.6 Å². The number of hydrogen-bond donors (Lipinski definition) is 2. The lowest BCUT2D eigenvalue weighted by molar-refractivity contribution is -0.0283. The number of ether oxygens (including phenoxy) is 2. The summed E-state index contributed by atoms with van der Waals surface area (Å²) in [5.74, 6) is 0. The second-order valence-corrected chi connectivity index (χ2v) is 4.53. The van der Waals surface area contributed by atoms with Crippen molar-refractivity contribution >= 4 is 7.82 Å². The maximum absolute atomic E-state index is 13.4. The zero-order valence-corrected chi connectivity index (χ0v) is 9.26. The van der Waals surface area contributed by atoms with Crippen molar-refractivity contribution in [3.8, 4) is 0 Å². The van der Waals surface area contributed by atoms with Gasteiger partial charge in [0.1, 0.15) is 12.2 Å². The highest BCUT2D eigenvalue weighted by Gasteiger charge is 2.46. The Morgan fingerprint density at radius 1 is 1.53 bits per heavy atom. The summed E-state index contributed by atoms with van der Waals surface area (Å²) in [6.45, 7) is 1.49. The van der Waals surface area contributed by atoms with Crippen LogP contribution in [0.3, 0.4) is 0 Å². The molecule has 1 rings (SSSR count). The van der Waals surface area contributed by atoms with Gasteiger partial charge in [-0.3, -0.25) is 4.52 Å². The molecule has 4 atom stereocenters. The summed E-state index contributed by atoms with van der Waals surface area (Å²) in [5, 5.41) is 0. The summed E-state index contributed by atoms with van der Waals surface area (Å²) in [6, 6.07) is 0. The lowest BCUT2D eigenvalue weighted by atomic mass is 10.1. The summed E-state index contributed by atoms with van der Waals surface area (Å²) < 4.78 is 38.2. The van der Waals surface area contributed by atoms with E-state index in [-0.39, 0.29) is 6.61 Å². The van der Waals surface area contributed by atoms with Crippen LogP contribution in [0, 0.1) is 0 Å². The molecular weight excluding hydrogens is 230 g/mol. The highest BCUT2D eigenvalue weighted by molar-refractivity contribution is 7.46. The number of alkyl halides is 1. The van der Waals surface area contributed by atoms with Crippen LogP contribution in [0.4, 0.5) is 4.39 Å². The van der Waals surface area contributed by atoms with Crippen molar-refractivity contribution in [1.82, 2.24) is 0 Å². The van der Waals surface area contributed by atoms with Crippen LogP contribution < -0.4 is 0 Å². The highest BCUT2D eigenvalue weighted by Crippen LogP contribution is 2.42. The van der Waals surface area contributed by atoms with Gasteiger partial charge in [0.15, 0.2) is 6.17 Å². The van der Waals surface area contributed by atoms with E-state index in [1.165, 1.54) is 14.0 Å². The molecule has 1 fully saturated rings. The molecule has 0 bridgehead atoms. The number of halogens is 1. The Hall–Kier alpha value is -0.0400. The minimum atomic E-state index is -4.72. The molecule has 90 valence electrons. The number of phosphoric ester groups is 1. The van der Waals surface area contributed by atoms with E-state index in [1.54, 1.807) is 0 Å². The molecule has 0 spiro atoms. The van der Waals surface area contributed by atoms with Gasteiger partial charge in [0.25, 0.3) is 0 Å². The fourth-order valence-corrected chi connectivity index (χ4v) is 2.05. The van der Waals surface area contributed by atoms with Crippen LogP contribution in [0.5, 0.6) is 0 Å². The van der Waals surface area contributed by atoms with Crippen LogP contribution in [0.1, 0.15) is 6.92 Å². The van der Waals surface area contributed by atoms with Crippen molar-refractivity contribution in [2.45, 2.75) is 31.4 Å². The molecule has 6 nitrogen and oxygen atoms in total. The first-order chi connectivity index (χ1) is 6.85. The molecule has 0 aromatic carbocycles. The van der Waals surface area contributed by atoms with E-state index in [0.29, 0.717) is 0 Å². The summed E-state index contributed by atoms with van der Waals surface area (Å²) >= 11 is 0. The lowest BCUT2D eigenvalue weighted by Gasteiger charge is -2.19. The second kappa shape index (κ2) is 4.86. The largest absolute Gasteiger partial charge is 0.470 e. The second-order valence-electron chi connectivity index (χ2n) is 3.34. The molecule has 1 aliphatic heterocycles. The zero-order valence-electron chi connectivity index (χ0n) is 8.37. The quantitative estimate of drug-likeness (QED) is 0.689. The van der Waals surface area contributed by atoms with Gasteiger partial charge in [0, 0.05) is 7.11 Å². The van der Waals surface area contributed by atoms with Gasteiger partial charge in [-0.15, -0.1) is 0 Å². The number of hydrogen-bond acceptors (Lipinski definition) is 4. The predicted molar refractivity (Wildman–Crippen MR) is 48.0 cm³/mol. The third-order valence-corrected chi connectivity index (χ3v) is 2.63. The molecule has 8 heteroatoms. The molecule has 0 saturated carbocycles. The summed E-state index contributed by atoms with van der Waals surface area (Å²) in [7, 11) is -3.33. The Morgan fingerprint density at radius 2 is 2.13 bits per heavy atom. The fourth-order valence-electron chi connectivity index (χ4n) is 1.48. The molecular formula is C7H14FO6P. The molecule has 1 saturated heterocycles. The Balaban J connectivity index is 2.68. The smallest absolute Gasteiger partial charge is 0.382 e. The Kier molecular flexibility index (Phi) is 4.22. The first kappa shape index (κ1) is 13.0. The van der Waals surface area contributed by atoms with E-state index in [9.17, 15) is 8.96 Å². The molecule has 0 aliphatic carbocycles.